The number of methoxy groups -OCH3 is 1. The van der Waals surface area contributed by atoms with E-state index in [1.165, 1.54) is 14.0 Å². The lowest BCUT2D eigenvalue weighted by Gasteiger charge is -2.36. The lowest BCUT2D eigenvalue weighted by Crippen LogP contribution is -2.54. The average Bonchev–Trinajstić information content (AvgIpc) is 2.39. The molecule has 1 amide bonds. The van der Waals surface area contributed by atoms with E-state index in [1.807, 2.05) is 0 Å². The summed E-state index contributed by atoms with van der Waals surface area (Å²) in [5, 5.41) is 1.60. The molecule has 1 N–H and O–H groups in total. The molecule has 0 aromatic heterocycles. The normalized spacial score (nSPS) is 13.8. The van der Waals surface area contributed by atoms with Crippen LogP contribution in [-0.4, -0.2) is 60.3 Å². The number of hydrogen-bond acceptors (Lipinski definition) is 6. The number of nitrogens with zero attached hydrogens (tertiary/aromatic N) is 2. The molecule has 0 saturated heterocycles. The number of carbonyl (C=O) groups excluding carboxylic acids is 2. The Morgan fingerprint density at radius 2 is 1.77 bits per heavy atom. The minimum atomic E-state index is -1.71. The summed E-state index contributed by atoms with van der Waals surface area (Å²) in [7, 11) is 4.62. The Bertz CT molecular complexity index is 432. The number of ether oxygens (including phenoxy) is 2. The van der Waals surface area contributed by atoms with Crippen molar-refractivity contribution in [1.82, 2.24) is 15.3 Å². The second-order valence-electron chi connectivity index (χ2n) is 5.86. The van der Waals surface area contributed by atoms with Gasteiger partial charge in [-0.1, -0.05) is 18.2 Å². The number of halogens is 1. The third-order valence-electron chi connectivity index (χ3n) is 2.83. The van der Waals surface area contributed by atoms with E-state index in [4.69, 9.17) is 16.3 Å². The maximum Gasteiger partial charge on any atom is 0.412 e. The Hall–Kier alpha value is -1.47. The van der Waals surface area contributed by atoms with E-state index in [0.717, 1.165) is 4.90 Å². The highest BCUT2D eigenvalue weighted by Crippen LogP contribution is 2.26. The van der Waals surface area contributed by atoms with Crippen LogP contribution in [0.5, 0.6) is 0 Å². The van der Waals surface area contributed by atoms with E-state index in [-0.39, 0.29) is 6.54 Å². The molecule has 0 saturated carbocycles. The molecule has 0 spiro atoms. The zero-order valence-electron chi connectivity index (χ0n) is 14.3. The second kappa shape index (κ2) is 7.69. The number of amides is 1. The zero-order chi connectivity index (χ0) is 17.7. The van der Waals surface area contributed by atoms with Gasteiger partial charge in [-0.25, -0.2) is 15.0 Å². The molecule has 0 aliphatic heterocycles. The van der Waals surface area contributed by atoms with Crippen LogP contribution in [0.4, 0.5) is 4.79 Å². The predicted molar refractivity (Wildman–Crippen MR) is 85.2 cm³/mol. The molecule has 0 aliphatic rings. The highest BCUT2D eigenvalue weighted by atomic mass is 35.5. The van der Waals surface area contributed by atoms with Crippen LogP contribution in [0.2, 0.25) is 0 Å². The van der Waals surface area contributed by atoms with Gasteiger partial charge in [-0.2, -0.15) is 0 Å². The molecule has 22 heavy (non-hydrogen) atoms. The minimum Gasteiger partial charge on any atom is -0.466 e. The Morgan fingerprint density at radius 3 is 2.14 bits per heavy atom. The summed E-state index contributed by atoms with van der Waals surface area (Å²) >= 11 is 6.24. The van der Waals surface area contributed by atoms with E-state index >= 15 is 0 Å². The van der Waals surface area contributed by atoms with Gasteiger partial charge >= 0.3 is 12.1 Å². The number of carbonyl (C=O) groups is 2. The maximum absolute atomic E-state index is 12.4. The van der Waals surface area contributed by atoms with Crippen molar-refractivity contribution in [3.8, 4) is 0 Å². The van der Waals surface area contributed by atoms with Gasteiger partial charge in [-0.15, -0.1) is 0 Å². The first-order valence-corrected chi connectivity index (χ1v) is 7.11. The number of hydrogen-bond donors (Lipinski definition) is 1. The van der Waals surface area contributed by atoms with E-state index in [1.54, 1.807) is 39.9 Å². The van der Waals surface area contributed by atoms with Crippen molar-refractivity contribution in [2.24, 2.45) is 0 Å². The van der Waals surface area contributed by atoms with E-state index < -0.39 is 22.7 Å². The van der Waals surface area contributed by atoms with Crippen LogP contribution < -0.4 is 5.43 Å². The van der Waals surface area contributed by atoms with Crippen LogP contribution >= 0.6 is 11.6 Å². The Balaban J connectivity index is 5.45. The van der Waals surface area contributed by atoms with E-state index in [9.17, 15) is 9.59 Å². The van der Waals surface area contributed by atoms with Gasteiger partial charge in [-0.05, 0) is 27.7 Å². The Morgan fingerprint density at radius 1 is 1.27 bits per heavy atom. The molecule has 0 aromatic carbocycles. The standard InChI is InChI=1S/C14H26ClN3O4/c1-10(17(7)16-6)9-18(12(20)22-13(2,3)4)14(5,15)11(19)21-8/h16H,1,9H2,2-8H3. The molecule has 0 aromatic rings. The van der Waals surface area contributed by atoms with Gasteiger partial charge in [-0.3, -0.25) is 4.90 Å². The molecule has 0 fully saturated rings. The summed E-state index contributed by atoms with van der Waals surface area (Å²) in [6, 6.07) is 0. The molecule has 0 bridgehead atoms. The van der Waals surface area contributed by atoms with Crippen molar-refractivity contribution < 1.29 is 19.1 Å². The minimum absolute atomic E-state index is 0.0125. The van der Waals surface area contributed by atoms with E-state index in [0.29, 0.717) is 5.70 Å². The van der Waals surface area contributed by atoms with Crippen molar-refractivity contribution in [2.45, 2.75) is 38.3 Å². The molecule has 0 aliphatic carbocycles. The first-order valence-electron chi connectivity index (χ1n) is 6.73. The molecule has 7 nitrogen and oxygen atoms in total. The molecule has 0 rings (SSSR count). The first-order chi connectivity index (χ1) is 9.86. The molecule has 1 unspecified atom stereocenters. The van der Waals surface area contributed by atoms with Gasteiger partial charge in [0.2, 0.25) is 5.00 Å². The number of esters is 1. The number of likely N-dealkylation sites (N-methyl/N-ethyl adjacent to an activating group) is 1. The maximum atomic E-state index is 12.4. The van der Waals surface area contributed by atoms with Crippen LogP contribution in [-0.2, 0) is 14.3 Å². The van der Waals surface area contributed by atoms with Crippen LogP contribution in [0.1, 0.15) is 27.7 Å². The van der Waals surface area contributed by atoms with Crippen LogP contribution in [0.3, 0.4) is 0 Å². The summed E-state index contributed by atoms with van der Waals surface area (Å²) in [5.41, 5.74) is 2.64. The smallest absolute Gasteiger partial charge is 0.412 e. The summed E-state index contributed by atoms with van der Waals surface area (Å²) < 4.78 is 9.98. The highest BCUT2D eigenvalue weighted by Gasteiger charge is 2.44. The van der Waals surface area contributed by atoms with E-state index in [2.05, 4.69) is 16.7 Å². The van der Waals surface area contributed by atoms with Crippen molar-refractivity contribution in [3.05, 3.63) is 12.3 Å². The number of nitrogens with one attached hydrogen (secondary N) is 1. The number of rotatable bonds is 6. The molecule has 0 heterocycles. The van der Waals surface area contributed by atoms with Gasteiger partial charge in [0.05, 0.1) is 13.7 Å². The molecule has 8 heteroatoms. The fourth-order valence-electron chi connectivity index (χ4n) is 1.44. The fraction of sp³-hybridized carbons (Fsp3) is 0.714. The van der Waals surface area contributed by atoms with Crippen LogP contribution in [0.15, 0.2) is 12.3 Å². The second-order valence-corrected chi connectivity index (χ2v) is 6.60. The fourth-order valence-corrected chi connectivity index (χ4v) is 1.65. The molecular weight excluding hydrogens is 310 g/mol. The molecule has 128 valence electrons. The molecule has 1 atom stereocenters. The largest absolute Gasteiger partial charge is 0.466 e. The van der Waals surface area contributed by atoms with Crippen molar-refractivity contribution in [2.75, 3.05) is 27.7 Å². The third-order valence-corrected chi connectivity index (χ3v) is 3.19. The van der Waals surface area contributed by atoms with Crippen molar-refractivity contribution in [3.63, 3.8) is 0 Å². The number of hydrazine groups is 1. The van der Waals surface area contributed by atoms with Gasteiger partial charge in [0, 0.05) is 19.8 Å². The summed E-state index contributed by atoms with van der Waals surface area (Å²) in [6.07, 6.45) is -0.735. The van der Waals surface area contributed by atoms with Crippen molar-refractivity contribution >= 4 is 23.7 Å². The van der Waals surface area contributed by atoms with Gasteiger partial charge < -0.3 is 14.5 Å². The monoisotopic (exact) mass is 335 g/mol. The highest BCUT2D eigenvalue weighted by molar-refractivity contribution is 6.34. The Kier molecular flexibility index (Phi) is 7.18. The van der Waals surface area contributed by atoms with Gasteiger partial charge in [0.1, 0.15) is 5.60 Å². The lowest BCUT2D eigenvalue weighted by molar-refractivity contribution is -0.148. The van der Waals surface area contributed by atoms with Gasteiger partial charge in [0.25, 0.3) is 0 Å². The third kappa shape index (κ3) is 5.73. The van der Waals surface area contributed by atoms with Gasteiger partial charge in [0.15, 0.2) is 0 Å². The number of alkyl halides is 1. The molecule has 0 radical (unpaired) electrons. The van der Waals surface area contributed by atoms with Crippen LogP contribution in [0.25, 0.3) is 0 Å². The van der Waals surface area contributed by atoms with Crippen molar-refractivity contribution in [1.29, 1.82) is 0 Å². The Labute approximate surface area is 137 Å². The summed E-state index contributed by atoms with van der Waals surface area (Å²) in [6.45, 7) is 10.4. The summed E-state index contributed by atoms with van der Waals surface area (Å²) in [4.78, 5) is 23.7. The van der Waals surface area contributed by atoms with Crippen LogP contribution in [0, 0.1) is 0 Å². The quantitative estimate of drug-likeness (QED) is 0.346. The zero-order valence-corrected chi connectivity index (χ0v) is 15.1. The molecular formula is C14H26ClN3O4. The average molecular weight is 336 g/mol. The summed E-state index contributed by atoms with van der Waals surface area (Å²) in [5.74, 6) is -0.764. The lowest BCUT2D eigenvalue weighted by atomic mass is 10.2. The topological polar surface area (TPSA) is 71.1 Å². The SMILES string of the molecule is C=C(CN(C(=O)OC(C)(C)C)C(C)(Cl)C(=O)OC)N(C)NC. The predicted octanol–water partition coefficient (Wildman–Crippen LogP) is 1.93. The first kappa shape index (κ1) is 20.5.